The summed E-state index contributed by atoms with van der Waals surface area (Å²) in [4.78, 5) is 3.85. The Labute approximate surface area is 70.3 Å². The van der Waals surface area contributed by atoms with Crippen LogP contribution in [0.3, 0.4) is 0 Å². The summed E-state index contributed by atoms with van der Waals surface area (Å²) < 4.78 is 0. The molecule has 60 valence electrons. The Hall–Kier alpha value is -0.350. The van der Waals surface area contributed by atoms with Crippen molar-refractivity contribution in [3.63, 3.8) is 0 Å². The van der Waals surface area contributed by atoms with E-state index < -0.39 is 0 Å². The van der Waals surface area contributed by atoms with Crippen LogP contribution in [-0.4, -0.2) is 24.8 Å². The minimum absolute atomic E-state index is 0. The smallest absolute Gasteiger partial charge is 0.0825 e. The van der Waals surface area contributed by atoms with Gasteiger partial charge in [-0.1, -0.05) is 22.0 Å². The van der Waals surface area contributed by atoms with E-state index in [4.69, 9.17) is 0 Å². The molecule has 1 aliphatic heterocycles. The lowest BCUT2D eigenvalue weighted by Gasteiger charge is -1.75. The highest BCUT2D eigenvalue weighted by Gasteiger charge is 1.82. The van der Waals surface area contributed by atoms with E-state index in [1.807, 2.05) is 0 Å². The van der Waals surface area contributed by atoms with Crippen molar-refractivity contribution in [1.29, 1.82) is 0 Å². The standard InChI is InChI=1S/C3H5Br.C3H6N2.H3N/c1-2-3-4;1-2-5-3-4-1;/h2H,1,3H2;3H,1-2H2,(H,4,5);1H3. The average Bonchev–Trinajstić information content (AvgIpc) is 2.43. The first kappa shape index (κ1) is 12.3. The van der Waals surface area contributed by atoms with Crippen LogP contribution in [-0.2, 0) is 0 Å². The maximum Gasteiger partial charge on any atom is 0.0825 e. The number of nitrogens with one attached hydrogen (secondary N) is 1. The fraction of sp³-hybridized carbons (Fsp3) is 0.500. The van der Waals surface area contributed by atoms with E-state index in [1.165, 1.54) is 0 Å². The molecule has 10 heavy (non-hydrogen) atoms. The topological polar surface area (TPSA) is 59.4 Å². The van der Waals surface area contributed by atoms with E-state index in [2.05, 4.69) is 32.8 Å². The molecule has 0 aromatic carbocycles. The second-order valence-corrected chi connectivity index (χ2v) is 2.08. The van der Waals surface area contributed by atoms with Crippen LogP contribution in [0.15, 0.2) is 17.6 Å². The Bertz CT molecular complexity index is 87.0. The number of alkyl halides is 1. The number of rotatable bonds is 1. The molecule has 0 aromatic rings. The summed E-state index contributed by atoms with van der Waals surface area (Å²) in [7, 11) is 0. The van der Waals surface area contributed by atoms with Crippen LogP contribution in [0, 0.1) is 0 Å². The van der Waals surface area contributed by atoms with E-state index in [1.54, 1.807) is 12.4 Å². The summed E-state index contributed by atoms with van der Waals surface area (Å²) >= 11 is 3.13. The van der Waals surface area contributed by atoms with Crippen molar-refractivity contribution in [3.05, 3.63) is 12.7 Å². The second-order valence-electron chi connectivity index (χ2n) is 1.43. The van der Waals surface area contributed by atoms with Gasteiger partial charge in [0.1, 0.15) is 0 Å². The lowest BCUT2D eigenvalue weighted by Crippen LogP contribution is -2.04. The molecular formula is C6H14BrN3. The van der Waals surface area contributed by atoms with Gasteiger partial charge in [0.15, 0.2) is 0 Å². The molecule has 0 saturated carbocycles. The van der Waals surface area contributed by atoms with Gasteiger partial charge in [0.05, 0.1) is 12.9 Å². The summed E-state index contributed by atoms with van der Waals surface area (Å²) in [6.07, 6.45) is 3.53. The third-order valence-electron chi connectivity index (χ3n) is 0.677. The molecule has 0 aliphatic carbocycles. The van der Waals surface area contributed by atoms with Crippen molar-refractivity contribution in [2.24, 2.45) is 4.99 Å². The fourth-order valence-electron chi connectivity index (χ4n) is 0.323. The van der Waals surface area contributed by atoms with Crippen LogP contribution in [0.4, 0.5) is 0 Å². The van der Waals surface area contributed by atoms with Gasteiger partial charge in [-0.05, 0) is 0 Å². The molecule has 3 nitrogen and oxygen atoms in total. The number of nitrogens with zero attached hydrogens (tertiary/aromatic N) is 1. The van der Waals surface area contributed by atoms with E-state index in [0.717, 1.165) is 18.4 Å². The summed E-state index contributed by atoms with van der Waals surface area (Å²) in [6.45, 7) is 5.42. The summed E-state index contributed by atoms with van der Waals surface area (Å²) in [5.74, 6) is 0. The van der Waals surface area contributed by atoms with Crippen molar-refractivity contribution in [2.45, 2.75) is 0 Å². The predicted molar refractivity (Wildman–Crippen MR) is 50.4 cm³/mol. The van der Waals surface area contributed by atoms with Gasteiger partial charge in [-0.3, -0.25) is 4.99 Å². The van der Waals surface area contributed by atoms with Gasteiger partial charge in [-0.25, -0.2) is 0 Å². The molecule has 1 heterocycles. The van der Waals surface area contributed by atoms with Gasteiger partial charge >= 0.3 is 0 Å². The van der Waals surface area contributed by atoms with Crippen molar-refractivity contribution < 1.29 is 0 Å². The molecule has 0 aromatic heterocycles. The molecule has 0 bridgehead atoms. The lowest BCUT2D eigenvalue weighted by atomic mass is 10.7. The highest BCUT2D eigenvalue weighted by molar-refractivity contribution is 9.09. The van der Waals surface area contributed by atoms with Gasteiger partial charge in [0.25, 0.3) is 0 Å². The molecule has 0 atom stereocenters. The number of hydrogen-bond donors (Lipinski definition) is 2. The van der Waals surface area contributed by atoms with Crippen LogP contribution >= 0.6 is 15.9 Å². The Morgan fingerprint density at radius 1 is 1.80 bits per heavy atom. The van der Waals surface area contributed by atoms with E-state index in [0.29, 0.717) is 0 Å². The SMILES string of the molecule is C1=NCCN1.C=CCBr.N. The Kier molecular flexibility index (Phi) is 14.1. The van der Waals surface area contributed by atoms with E-state index in [9.17, 15) is 0 Å². The first-order valence-electron chi connectivity index (χ1n) is 2.80. The molecule has 0 radical (unpaired) electrons. The minimum Gasteiger partial charge on any atom is -0.375 e. The molecule has 0 saturated heterocycles. The van der Waals surface area contributed by atoms with E-state index >= 15 is 0 Å². The Morgan fingerprint density at radius 3 is 2.50 bits per heavy atom. The summed E-state index contributed by atoms with van der Waals surface area (Å²) in [5, 5.41) is 3.83. The predicted octanol–water partition coefficient (Wildman–Crippen LogP) is 1.35. The van der Waals surface area contributed by atoms with Crippen LogP contribution in [0.5, 0.6) is 0 Å². The van der Waals surface area contributed by atoms with Gasteiger partial charge in [-0.15, -0.1) is 6.58 Å². The molecule has 1 rings (SSSR count). The molecule has 0 spiro atoms. The van der Waals surface area contributed by atoms with Gasteiger partial charge in [0.2, 0.25) is 0 Å². The van der Waals surface area contributed by atoms with Crippen LogP contribution in [0.25, 0.3) is 0 Å². The lowest BCUT2D eigenvalue weighted by molar-refractivity contribution is 0.965. The largest absolute Gasteiger partial charge is 0.375 e. The molecule has 4 heteroatoms. The first-order chi connectivity index (χ1) is 4.41. The zero-order chi connectivity index (χ0) is 6.95. The van der Waals surface area contributed by atoms with Gasteiger partial charge < -0.3 is 11.5 Å². The third kappa shape index (κ3) is 10.6. The molecule has 4 N–H and O–H groups in total. The third-order valence-corrected chi connectivity index (χ3v) is 1.13. The monoisotopic (exact) mass is 207 g/mol. The number of aliphatic imine (C=N–C) groups is 1. The maximum atomic E-state index is 3.85. The number of halogens is 1. The van der Waals surface area contributed by atoms with Crippen molar-refractivity contribution in [2.75, 3.05) is 18.4 Å². The quantitative estimate of drug-likeness (QED) is 0.504. The summed E-state index contributed by atoms with van der Waals surface area (Å²) in [5.41, 5.74) is 0. The van der Waals surface area contributed by atoms with Gasteiger partial charge in [0, 0.05) is 11.9 Å². The Balaban J connectivity index is 0. The first-order valence-corrected chi connectivity index (χ1v) is 3.92. The zero-order valence-corrected chi connectivity index (χ0v) is 7.60. The minimum atomic E-state index is 0. The Morgan fingerprint density at radius 2 is 2.40 bits per heavy atom. The number of allylic oxidation sites excluding steroid dienone is 1. The molecule has 0 amide bonds. The molecule has 0 fully saturated rings. The molecular weight excluding hydrogens is 194 g/mol. The van der Waals surface area contributed by atoms with Crippen LogP contribution in [0.2, 0.25) is 0 Å². The highest BCUT2D eigenvalue weighted by Crippen LogP contribution is 1.73. The maximum absolute atomic E-state index is 3.85. The van der Waals surface area contributed by atoms with Crippen molar-refractivity contribution in [1.82, 2.24) is 11.5 Å². The van der Waals surface area contributed by atoms with Gasteiger partial charge in [-0.2, -0.15) is 0 Å². The second kappa shape index (κ2) is 11.4. The highest BCUT2D eigenvalue weighted by atomic mass is 79.9. The van der Waals surface area contributed by atoms with E-state index in [-0.39, 0.29) is 6.15 Å². The molecule has 0 unspecified atom stereocenters. The fourth-order valence-corrected chi connectivity index (χ4v) is 0.323. The van der Waals surface area contributed by atoms with Crippen molar-refractivity contribution in [3.8, 4) is 0 Å². The average molecular weight is 208 g/mol. The summed E-state index contributed by atoms with van der Waals surface area (Å²) in [6, 6.07) is 0. The molecule has 1 aliphatic rings. The van der Waals surface area contributed by atoms with Crippen LogP contribution in [0.1, 0.15) is 0 Å². The zero-order valence-electron chi connectivity index (χ0n) is 6.02. The van der Waals surface area contributed by atoms with Crippen LogP contribution < -0.4 is 11.5 Å². The number of hydrogen-bond acceptors (Lipinski definition) is 3. The normalized spacial score (nSPS) is 12.1. The van der Waals surface area contributed by atoms with Crippen molar-refractivity contribution >= 4 is 22.3 Å².